The second kappa shape index (κ2) is 7.58. The number of nitrogens with two attached hydrogens (primary N) is 1. The van der Waals surface area contributed by atoms with E-state index in [4.69, 9.17) is 15.0 Å². The van der Waals surface area contributed by atoms with E-state index in [0.29, 0.717) is 24.0 Å². The smallest absolute Gasteiger partial charge is 0.258 e. The summed E-state index contributed by atoms with van der Waals surface area (Å²) in [6.45, 7) is 0.467. The molecule has 0 fully saturated rings. The minimum Gasteiger partial charge on any atom is -0.457 e. The molecule has 140 valence electrons. The summed E-state index contributed by atoms with van der Waals surface area (Å²) in [5.41, 5.74) is 8.14. The predicted molar refractivity (Wildman–Crippen MR) is 99.5 cm³/mol. The summed E-state index contributed by atoms with van der Waals surface area (Å²) in [5, 5.41) is 4.00. The van der Waals surface area contributed by atoms with E-state index in [0.717, 1.165) is 28.8 Å². The van der Waals surface area contributed by atoms with Crippen LogP contribution in [0.25, 0.3) is 22.8 Å². The van der Waals surface area contributed by atoms with E-state index in [1.54, 1.807) is 24.3 Å². The van der Waals surface area contributed by atoms with Gasteiger partial charge < -0.3 is 15.0 Å². The maximum atomic E-state index is 13.3. The van der Waals surface area contributed by atoms with Gasteiger partial charge in [-0.05, 0) is 54.1 Å². The average Bonchev–Trinajstić information content (AvgIpc) is 3.22. The third-order valence-corrected chi connectivity index (χ3v) is 4.10. The molecule has 1 aromatic heterocycles. The van der Waals surface area contributed by atoms with Gasteiger partial charge in [0, 0.05) is 23.7 Å². The highest BCUT2D eigenvalue weighted by atomic mass is 19.2. The third-order valence-electron chi connectivity index (χ3n) is 4.10. The molecule has 0 aliphatic rings. The summed E-state index contributed by atoms with van der Waals surface area (Å²) in [7, 11) is 0. The molecule has 4 rings (SSSR count). The van der Waals surface area contributed by atoms with Gasteiger partial charge in [-0.2, -0.15) is 4.98 Å². The van der Waals surface area contributed by atoms with Crippen LogP contribution in [0.15, 0.2) is 71.3 Å². The lowest BCUT2D eigenvalue weighted by Crippen LogP contribution is -1.95. The Hall–Kier alpha value is -3.58. The Morgan fingerprint density at radius 2 is 1.50 bits per heavy atom. The number of nitrogens with zero attached hydrogens (tertiary/aromatic N) is 2. The standard InChI is InChI=1S/C21H15F2N3O2/c22-18-10-9-17(11-19(18)23)27-16-7-5-14(6-8-16)20-25-21(28-26-20)15-3-1-13(12-24)2-4-15/h1-11H,12,24H2. The highest BCUT2D eigenvalue weighted by molar-refractivity contribution is 5.60. The van der Waals surface area contributed by atoms with Crippen LogP contribution in [0.3, 0.4) is 0 Å². The first-order valence-corrected chi connectivity index (χ1v) is 8.49. The summed E-state index contributed by atoms with van der Waals surface area (Å²) in [4.78, 5) is 4.40. The maximum absolute atomic E-state index is 13.3. The van der Waals surface area contributed by atoms with Crippen LogP contribution in [0.5, 0.6) is 11.5 Å². The fourth-order valence-electron chi connectivity index (χ4n) is 2.59. The van der Waals surface area contributed by atoms with Crippen LogP contribution in [0.1, 0.15) is 5.56 Å². The first-order valence-electron chi connectivity index (χ1n) is 8.49. The Morgan fingerprint density at radius 3 is 2.18 bits per heavy atom. The van der Waals surface area contributed by atoms with Crippen LogP contribution < -0.4 is 10.5 Å². The van der Waals surface area contributed by atoms with Gasteiger partial charge in [0.25, 0.3) is 5.89 Å². The lowest BCUT2D eigenvalue weighted by atomic mass is 10.1. The molecule has 0 bridgehead atoms. The normalized spacial score (nSPS) is 10.8. The third kappa shape index (κ3) is 3.74. The molecule has 0 saturated carbocycles. The summed E-state index contributed by atoms with van der Waals surface area (Å²) >= 11 is 0. The number of benzene rings is 3. The van der Waals surface area contributed by atoms with Gasteiger partial charge in [-0.15, -0.1) is 0 Å². The van der Waals surface area contributed by atoms with E-state index in [1.807, 2.05) is 24.3 Å². The lowest BCUT2D eigenvalue weighted by Gasteiger charge is -2.06. The van der Waals surface area contributed by atoms with Gasteiger partial charge in [-0.25, -0.2) is 8.78 Å². The summed E-state index contributed by atoms with van der Waals surface area (Å²) in [6, 6.07) is 17.8. The molecular formula is C21H15F2N3O2. The molecule has 0 saturated heterocycles. The Kier molecular flexibility index (Phi) is 4.82. The molecule has 0 spiro atoms. The van der Waals surface area contributed by atoms with Gasteiger partial charge in [0.2, 0.25) is 5.82 Å². The van der Waals surface area contributed by atoms with Crippen molar-refractivity contribution in [1.29, 1.82) is 0 Å². The topological polar surface area (TPSA) is 74.2 Å². The van der Waals surface area contributed by atoms with E-state index in [-0.39, 0.29) is 5.75 Å². The van der Waals surface area contributed by atoms with Gasteiger partial charge in [-0.3, -0.25) is 0 Å². The molecule has 3 aromatic carbocycles. The fourth-order valence-corrected chi connectivity index (χ4v) is 2.59. The van der Waals surface area contributed by atoms with Crippen molar-refractivity contribution < 1.29 is 18.0 Å². The molecule has 28 heavy (non-hydrogen) atoms. The van der Waals surface area contributed by atoms with E-state index >= 15 is 0 Å². The molecule has 2 N–H and O–H groups in total. The largest absolute Gasteiger partial charge is 0.457 e. The van der Waals surface area contributed by atoms with E-state index in [9.17, 15) is 8.78 Å². The van der Waals surface area contributed by atoms with Crippen LogP contribution in [0.2, 0.25) is 0 Å². The van der Waals surface area contributed by atoms with E-state index < -0.39 is 11.6 Å². The van der Waals surface area contributed by atoms with Crippen molar-refractivity contribution in [2.24, 2.45) is 5.73 Å². The maximum Gasteiger partial charge on any atom is 0.258 e. The lowest BCUT2D eigenvalue weighted by molar-refractivity contribution is 0.432. The van der Waals surface area contributed by atoms with Crippen LogP contribution in [-0.2, 0) is 6.54 Å². The fraction of sp³-hybridized carbons (Fsp3) is 0.0476. The Labute approximate surface area is 159 Å². The van der Waals surface area contributed by atoms with Crippen molar-refractivity contribution in [3.05, 3.63) is 83.9 Å². The molecule has 0 unspecified atom stereocenters. The van der Waals surface area contributed by atoms with Gasteiger partial charge in [-0.1, -0.05) is 17.3 Å². The summed E-state index contributed by atoms with van der Waals surface area (Å²) in [5.74, 6) is -0.385. The zero-order valence-corrected chi connectivity index (χ0v) is 14.6. The van der Waals surface area contributed by atoms with Gasteiger partial charge in [0.05, 0.1) is 0 Å². The van der Waals surface area contributed by atoms with Crippen LogP contribution >= 0.6 is 0 Å². The molecule has 0 amide bonds. The molecule has 0 radical (unpaired) electrons. The van der Waals surface area contributed by atoms with E-state index in [1.165, 1.54) is 6.07 Å². The van der Waals surface area contributed by atoms with Crippen LogP contribution in [0.4, 0.5) is 8.78 Å². The molecule has 0 aliphatic heterocycles. The van der Waals surface area contributed by atoms with Gasteiger partial charge in [0.1, 0.15) is 11.5 Å². The van der Waals surface area contributed by atoms with Gasteiger partial charge in [0.15, 0.2) is 11.6 Å². The highest BCUT2D eigenvalue weighted by Crippen LogP contribution is 2.27. The summed E-state index contributed by atoms with van der Waals surface area (Å²) < 4.78 is 37.1. The molecule has 7 heteroatoms. The Bertz CT molecular complexity index is 1090. The van der Waals surface area contributed by atoms with Crippen molar-refractivity contribution in [2.75, 3.05) is 0 Å². The molecular weight excluding hydrogens is 364 g/mol. The average molecular weight is 379 g/mol. The number of aromatic nitrogens is 2. The number of halogens is 2. The van der Waals surface area contributed by atoms with Crippen LogP contribution in [-0.4, -0.2) is 10.1 Å². The quantitative estimate of drug-likeness (QED) is 0.532. The SMILES string of the molecule is NCc1ccc(-c2nc(-c3ccc(Oc4ccc(F)c(F)c4)cc3)no2)cc1. The zero-order chi connectivity index (χ0) is 19.5. The number of hydrogen-bond acceptors (Lipinski definition) is 5. The van der Waals surface area contributed by atoms with Gasteiger partial charge >= 0.3 is 0 Å². The molecule has 0 aliphatic carbocycles. The minimum atomic E-state index is -0.965. The number of hydrogen-bond donors (Lipinski definition) is 1. The van der Waals surface area contributed by atoms with E-state index in [2.05, 4.69) is 10.1 Å². The molecule has 5 nitrogen and oxygen atoms in total. The Balaban J connectivity index is 1.50. The van der Waals surface area contributed by atoms with Crippen molar-refractivity contribution in [3.8, 4) is 34.3 Å². The molecule has 1 heterocycles. The second-order valence-corrected chi connectivity index (χ2v) is 6.03. The minimum absolute atomic E-state index is 0.203. The van der Waals surface area contributed by atoms with Crippen molar-refractivity contribution in [2.45, 2.75) is 6.54 Å². The number of rotatable bonds is 5. The first-order chi connectivity index (χ1) is 13.6. The predicted octanol–water partition coefficient (Wildman–Crippen LogP) is 4.93. The molecule has 4 aromatic rings. The zero-order valence-electron chi connectivity index (χ0n) is 14.6. The highest BCUT2D eigenvalue weighted by Gasteiger charge is 2.11. The molecule has 0 atom stereocenters. The number of ether oxygens (including phenoxy) is 1. The van der Waals surface area contributed by atoms with Crippen molar-refractivity contribution in [1.82, 2.24) is 10.1 Å². The van der Waals surface area contributed by atoms with Crippen LogP contribution in [0, 0.1) is 11.6 Å². The second-order valence-electron chi connectivity index (χ2n) is 6.03. The van der Waals surface area contributed by atoms with Crippen molar-refractivity contribution >= 4 is 0 Å². The monoisotopic (exact) mass is 379 g/mol. The Morgan fingerprint density at radius 1 is 0.821 bits per heavy atom. The van der Waals surface area contributed by atoms with Crippen molar-refractivity contribution in [3.63, 3.8) is 0 Å². The summed E-state index contributed by atoms with van der Waals surface area (Å²) in [6.07, 6.45) is 0. The first kappa shape index (κ1) is 17.8.